The first-order valence-corrected chi connectivity index (χ1v) is 6.34. The average Bonchev–Trinajstić information content (AvgIpc) is 2.20. The number of carbonyl (C=O) groups is 1. The maximum absolute atomic E-state index is 13.4. The molecule has 0 radical (unpaired) electrons. The lowest BCUT2D eigenvalue weighted by Crippen LogP contribution is -2.27. The molecule has 0 saturated heterocycles. The number of hydrogen-bond acceptors (Lipinski definition) is 2. The highest BCUT2D eigenvalue weighted by Crippen LogP contribution is 2.23. The van der Waals surface area contributed by atoms with Gasteiger partial charge in [-0.15, -0.1) is 0 Å². The molecule has 18 heavy (non-hydrogen) atoms. The molecule has 0 aliphatic heterocycles. The molecule has 0 unspecified atom stereocenters. The highest BCUT2D eigenvalue weighted by Gasteiger charge is 2.17. The summed E-state index contributed by atoms with van der Waals surface area (Å²) in [7, 11) is 0. The van der Waals surface area contributed by atoms with E-state index in [1.54, 1.807) is 43.4 Å². The monoisotopic (exact) mass is 369 g/mol. The van der Waals surface area contributed by atoms with Gasteiger partial charge < -0.3 is 4.74 Å². The van der Waals surface area contributed by atoms with E-state index in [4.69, 9.17) is 4.74 Å². The van der Waals surface area contributed by atoms with Crippen molar-refractivity contribution in [2.24, 2.45) is 0 Å². The van der Waals surface area contributed by atoms with Gasteiger partial charge in [-0.05, 0) is 55.5 Å². The van der Waals surface area contributed by atoms with Crippen molar-refractivity contribution in [3.8, 4) is 0 Å². The molecular weight excluding hydrogens is 355 g/mol. The van der Waals surface area contributed by atoms with Gasteiger partial charge in [-0.1, -0.05) is 0 Å². The Balaban J connectivity index is 2.86. The highest BCUT2D eigenvalue weighted by molar-refractivity contribution is 14.1. The quantitative estimate of drug-likeness (QED) is 0.792. The van der Waals surface area contributed by atoms with Gasteiger partial charge >= 0.3 is 6.09 Å². The summed E-state index contributed by atoms with van der Waals surface area (Å²) in [6, 6.07) is 2.51. The minimum absolute atomic E-state index is 0.176. The van der Waals surface area contributed by atoms with Crippen molar-refractivity contribution in [1.82, 2.24) is 0 Å². The second-order valence-electron chi connectivity index (χ2n) is 4.69. The van der Waals surface area contributed by atoms with E-state index in [0.717, 1.165) is 6.07 Å². The van der Waals surface area contributed by atoms with Crippen molar-refractivity contribution in [1.29, 1.82) is 0 Å². The van der Waals surface area contributed by atoms with Gasteiger partial charge in [-0.2, -0.15) is 0 Å². The summed E-state index contributed by atoms with van der Waals surface area (Å²) < 4.78 is 31.3. The lowest BCUT2D eigenvalue weighted by Gasteiger charge is -2.19. The zero-order chi connectivity index (χ0) is 13.9. The molecule has 0 aliphatic carbocycles. The van der Waals surface area contributed by atoms with Gasteiger partial charge in [0.25, 0.3) is 0 Å². The second kappa shape index (κ2) is 5.81. The largest absolute Gasteiger partial charge is 0.444 e. The van der Waals surface area contributed by atoms with E-state index in [0.29, 0.717) is 0 Å². The van der Waals surface area contributed by atoms with Crippen LogP contribution in [0.1, 0.15) is 26.3 Å². The Morgan fingerprint density at radius 1 is 1.44 bits per heavy atom. The molecule has 1 rings (SSSR count). The number of hydrogen-bond donors (Lipinski definition) is 1. The number of halogens is 3. The van der Waals surface area contributed by atoms with Crippen LogP contribution in [0.2, 0.25) is 0 Å². The van der Waals surface area contributed by atoms with Crippen LogP contribution in [0.25, 0.3) is 0 Å². The molecule has 1 N–H and O–H groups in total. The van der Waals surface area contributed by atoms with Crippen molar-refractivity contribution in [2.75, 3.05) is 5.32 Å². The fourth-order valence-electron chi connectivity index (χ4n) is 1.24. The fourth-order valence-corrected chi connectivity index (χ4v) is 1.69. The number of nitrogens with one attached hydrogen (secondary N) is 1. The maximum atomic E-state index is 13.4. The van der Waals surface area contributed by atoms with E-state index in [2.05, 4.69) is 5.32 Å². The smallest absolute Gasteiger partial charge is 0.412 e. The lowest BCUT2D eigenvalue weighted by atomic mass is 10.2. The van der Waals surface area contributed by atoms with Crippen LogP contribution in [0.3, 0.4) is 0 Å². The van der Waals surface area contributed by atoms with Gasteiger partial charge in [0.2, 0.25) is 0 Å². The van der Waals surface area contributed by atoms with E-state index in [-0.39, 0.29) is 14.8 Å². The molecular formula is C12H14F2INO2. The standard InChI is InChI=1S/C12H14F2INO2/c1-12(2,3)18-11(17)16-8-4-7(6-13)10(15)9(14)5-8/h4-5H,6H2,1-3H3,(H,16,17). The number of carbonyl (C=O) groups excluding carboxylic acids is 1. The summed E-state index contributed by atoms with van der Waals surface area (Å²) in [5.74, 6) is -0.572. The molecule has 3 nitrogen and oxygen atoms in total. The summed E-state index contributed by atoms with van der Waals surface area (Å²) in [4.78, 5) is 11.5. The van der Waals surface area contributed by atoms with E-state index < -0.39 is 24.2 Å². The molecule has 0 saturated carbocycles. The summed E-state index contributed by atoms with van der Waals surface area (Å²) >= 11 is 1.72. The Morgan fingerprint density at radius 3 is 2.56 bits per heavy atom. The third kappa shape index (κ3) is 4.40. The maximum Gasteiger partial charge on any atom is 0.412 e. The molecule has 0 aliphatic rings. The minimum Gasteiger partial charge on any atom is -0.444 e. The van der Waals surface area contributed by atoms with Gasteiger partial charge in [0, 0.05) is 11.3 Å². The number of rotatable bonds is 2. The Morgan fingerprint density at radius 2 is 2.06 bits per heavy atom. The first kappa shape index (κ1) is 15.1. The van der Waals surface area contributed by atoms with Crippen molar-refractivity contribution in [3.63, 3.8) is 0 Å². The molecule has 1 amide bonds. The van der Waals surface area contributed by atoms with Gasteiger partial charge in [-0.3, -0.25) is 5.32 Å². The Hall–Kier alpha value is -0.920. The molecule has 1 aromatic carbocycles. The van der Waals surface area contributed by atoms with Crippen LogP contribution in [0, 0.1) is 9.39 Å². The number of ether oxygens (including phenoxy) is 1. The highest BCUT2D eigenvalue weighted by atomic mass is 127. The number of anilines is 1. The lowest BCUT2D eigenvalue weighted by molar-refractivity contribution is 0.0636. The number of alkyl halides is 1. The van der Waals surface area contributed by atoms with Crippen LogP contribution in [-0.2, 0) is 11.4 Å². The zero-order valence-electron chi connectivity index (χ0n) is 10.3. The predicted octanol–water partition coefficient (Wildman–Crippen LogP) is 4.25. The van der Waals surface area contributed by atoms with Crippen LogP contribution < -0.4 is 5.32 Å². The molecule has 0 fully saturated rings. The Kier molecular flexibility index (Phi) is 4.89. The number of amides is 1. The predicted molar refractivity (Wildman–Crippen MR) is 73.8 cm³/mol. The van der Waals surface area contributed by atoms with Crippen molar-refractivity contribution in [2.45, 2.75) is 33.0 Å². The van der Waals surface area contributed by atoms with Crippen molar-refractivity contribution in [3.05, 3.63) is 27.1 Å². The molecule has 0 atom stereocenters. The van der Waals surface area contributed by atoms with E-state index in [1.807, 2.05) is 0 Å². The summed E-state index contributed by atoms with van der Waals surface area (Å²) in [6.45, 7) is 4.36. The first-order chi connectivity index (χ1) is 8.23. The second-order valence-corrected chi connectivity index (χ2v) is 5.77. The Bertz CT molecular complexity index is 458. The van der Waals surface area contributed by atoms with E-state index in [1.165, 1.54) is 6.07 Å². The van der Waals surface area contributed by atoms with Gasteiger partial charge in [0.15, 0.2) is 0 Å². The van der Waals surface area contributed by atoms with Gasteiger partial charge in [-0.25, -0.2) is 13.6 Å². The number of benzene rings is 1. The van der Waals surface area contributed by atoms with Gasteiger partial charge in [0.05, 0.1) is 3.57 Å². The molecule has 0 heterocycles. The first-order valence-electron chi connectivity index (χ1n) is 5.27. The summed E-state index contributed by atoms with van der Waals surface area (Å²) in [5, 5.41) is 2.37. The molecule has 1 aromatic rings. The SMILES string of the molecule is CC(C)(C)OC(=O)Nc1cc(F)c(I)c(CF)c1. The van der Waals surface area contributed by atoms with E-state index >= 15 is 0 Å². The molecule has 100 valence electrons. The van der Waals surface area contributed by atoms with Crippen LogP contribution >= 0.6 is 22.6 Å². The van der Waals surface area contributed by atoms with Gasteiger partial charge in [0.1, 0.15) is 18.1 Å². The summed E-state index contributed by atoms with van der Waals surface area (Å²) in [6.07, 6.45) is -0.701. The molecule has 0 aromatic heterocycles. The molecule has 0 spiro atoms. The normalized spacial score (nSPS) is 11.2. The summed E-state index contributed by atoms with van der Waals surface area (Å²) in [5.41, 5.74) is -0.272. The molecule has 0 bridgehead atoms. The Labute approximate surface area is 118 Å². The van der Waals surface area contributed by atoms with Crippen molar-refractivity contribution >= 4 is 34.4 Å². The fraction of sp³-hybridized carbons (Fsp3) is 0.417. The zero-order valence-corrected chi connectivity index (χ0v) is 12.5. The van der Waals surface area contributed by atoms with E-state index in [9.17, 15) is 13.6 Å². The average molecular weight is 369 g/mol. The van der Waals surface area contributed by atoms with Crippen molar-refractivity contribution < 1.29 is 18.3 Å². The molecule has 6 heteroatoms. The van der Waals surface area contributed by atoms with Crippen LogP contribution in [0.4, 0.5) is 19.3 Å². The minimum atomic E-state index is -0.793. The topological polar surface area (TPSA) is 38.3 Å². The third-order valence-electron chi connectivity index (χ3n) is 1.89. The third-order valence-corrected chi connectivity index (χ3v) is 3.10. The van der Waals surface area contributed by atoms with Crippen LogP contribution in [0.5, 0.6) is 0 Å². The van der Waals surface area contributed by atoms with Crippen LogP contribution in [0.15, 0.2) is 12.1 Å². The van der Waals surface area contributed by atoms with Crippen LogP contribution in [-0.4, -0.2) is 11.7 Å².